The second-order valence-electron chi connectivity index (χ2n) is 6.59. The number of nitrogens with zero attached hydrogens (tertiary/aromatic N) is 1. The minimum Gasteiger partial charge on any atom is -0.489 e. The number of carbonyl (C=O) groups is 1. The van der Waals surface area contributed by atoms with Gasteiger partial charge in [0.05, 0.1) is 11.5 Å². The number of amides is 1. The minimum absolute atomic E-state index is 0.0635. The lowest BCUT2D eigenvalue weighted by molar-refractivity contribution is -0.117. The molecule has 2 aromatic rings. The van der Waals surface area contributed by atoms with Crippen LogP contribution in [0.4, 0.5) is 0 Å². The van der Waals surface area contributed by atoms with Crippen LogP contribution in [0.5, 0.6) is 5.75 Å². The number of nitriles is 1. The van der Waals surface area contributed by atoms with E-state index in [1.807, 2.05) is 36.4 Å². The van der Waals surface area contributed by atoms with Crippen molar-refractivity contribution in [1.82, 2.24) is 5.32 Å². The fourth-order valence-corrected chi connectivity index (χ4v) is 4.56. The first kappa shape index (κ1) is 19.6. The zero-order valence-corrected chi connectivity index (χ0v) is 16.0. The van der Waals surface area contributed by atoms with E-state index in [1.165, 1.54) is 6.08 Å². The zero-order chi connectivity index (χ0) is 20.0. The van der Waals surface area contributed by atoms with Gasteiger partial charge in [-0.05, 0) is 35.8 Å². The van der Waals surface area contributed by atoms with Crippen molar-refractivity contribution >= 4 is 21.8 Å². The number of carbonyl (C=O) groups excluding carboxylic acids is 1. The van der Waals surface area contributed by atoms with Gasteiger partial charge in [0.15, 0.2) is 9.84 Å². The summed E-state index contributed by atoms with van der Waals surface area (Å²) in [6.07, 6.45) is 1.85. The highest BCUT2D eigenvalue weighted by Crippen LogP contribution is 2.17. The van der Waals surface area contributed by atoms with Gasteiger partial charge in [-0.2, -0.15) is 5.26 Å². The van der Waals surface area contributed by atoms with Gasteiger partial charge in [-0.25, -0.2) is 8.42 Å². The highest BCUT2D eigenvalue weighted by atomic mass is 32.2. The Morgan fingerprint density at radius 3 is 2.50 bits per heavy atom. The van der Waals surface area contributed by atoms with Crippen LogP contribution in [0.25, 0.3) is 6.08 Å². The van der Waals surface area contributed by atoms with Crippen molar-refractivity contribution in [2.75, 3.05) is 11.5 Å². The Bertz CT molecular complexity index is 1010. The van der Waals surface area contributed by atoms with Gasteiger partial charge in [-0.3, -0.25) is 4.79 Å². The fraction of sp³-hybridized carbons (Fsp3) is 0.238. The Labute approximate surface area is 164 Å². The highest BCUT2D eigenvalue weighted by molar-refractivity contribution is 7.91. The summed E-state index contributed by atoms with van der Waals surface area (Å²) in [5, 5.41) is 11.9. The molecule has 0 aromatic heterocycles. The zero-order valence-electron chi connectivity index (χ0n) is 15.2. The molecule has 1 unspecified atom stereocenters. The predicted molar refractivity (Wildman–Crippen MR) is 106 cm³/mol. The minimum atomic E-state index is -3.09. The third kappa shape index (κ3) is 5.44. The van der Waals surface area contributed by atoms with Crippen LogP contribution >= 0.6 is 0 Å². The van der Waals surface area contributed by atoms with Crippen LogP contribution in [0.2, 0.25) is 0 Å². The number of nitrogens with one attached hydrogen (secondary N) is 1. The molecular formula is C21H20N2O4S. The maximum Gasteiger partial charge on any atom is 0.262 e. The smallest absolute Gasteiger partial charge is 0.262 e. The SMILES string of the molecule is N#C/C(=C\c1ccc(OCc2ccccc2)cc1)C(=O)NC1CCS(=O)(=O)C1. The van der Waals surface area contributed by atoms with Gasteiger partial charge in [0, 0.05) is 6.04 Å². The van der Waals surface area contributed by atoms with Crippen molar-refractivity contribution in [2.24, 2.45) is 0 Å². The first-order valence-corrected chi connectivity index (χ1v) is 10.7. The summed E-state index contributed by atoms with van der Waals surface area (Å²) in [6.45, 7) is 0.451. The largest absolute Gasteiger partial charge is 0.489 e. The van der Waals surface area contributed by atoms with Gasteiger partial charge in [-0.15, -0.1) is 0 Å². The molecule has 1 heterocycles. The molecular weight excluding hydrogens is 376 g/mol. The van der Waals surface area contributed by atoms with Crippen LogP contribution in [0.15, 0.2) is 60.2 Å². The van der Waals surface area contributed by atoms with E-state index < -0.39 is 21.8 Å². The molecule has 6 nitrogen and oxygen atoms in total. The maximum absolute atomic E-state index is 12.3. The van der Waals surface area contributed by atoms with Crippen molar-refractivity contribution in [3.63, 3.8) is 0 Å². The molecule has 1 aliphatic heterocycles. The Morgan fingerprint density at radius 2 is 1.89 bits per heavy atom. The number of hydrogen-bond donors (Lipinski definition) is 1. The van der Waals surface area contributed by atoms with E-state index in [2.05, 4.69) is 5.32 Å². The second kappa shape index (κ2) is 8.72. The van der Waals surface area contributed by atoms with E-state index in [9.17, 15) is 18.5 Å². The molecule has 0 spiro atoms. The van der Waals surface area contributed by atoms with Gasteiger partial charge in [0.25, 0.3) is 5.91 Å². The Morgan fingerprint density at radius 1 is 1.18 bits per heavy atom. The molecule has 0 radical (unpaired) electrons. The van der Waals surface area contributed by atoms with Crippen LogP contribution in [0.1, 0.15) is 17.5 Å². The van der Waals surface area contributed by atoms with Crippen molar-refractivity contribution in [3.05, 3.63) is 71.3 Å². The molecule has 0 saturated carbocycles. The molecule has 3 rings (SSSR count). The number of sulfone groups is 1. The van der Waals surface area contributed by atoms with E-state index in [4.69, 9.17) is 4.74 Å². The topological polar surface area (TPSA) is 96.3 Å². The monoisotopic (exact) mass is 396 g/mol. The Hall–Kier alpha value is -3.11. The molecule has 28 heavy (non-hydrogen) atoms. The van der Waals surface area contributed by atoms with Crippen LogP contribution in [-0.4, -0.2) is 31.9 Å². The molecule has 144 valence electrons. The summed E-state index contributed by atoms with van der Waals surface area (Å²) < 4.78 is 28.7. The summed E-state index contributed by atoms with van der Waals surface area (Å²) in [4.78, 5) is 12.3. The first-order chi connectivity index (χ1) is 13.4. The van der Waals surface area contributed by atoms with Gasteiger partial charge >= 0.3 is 0 Å². The average molecular weight is 396 g/mol. The number of hydrogen-bond acceptors (Lipinski definition) is 5. The lowest BCUT2D eigenvalue weighted by atomic mass is 10.1. The summed E-state index contributed by atoms with van der Waals surface area (Å²) >= 11 is 0. The number of rotatable bonds is 6. The molecule has 1 aliphatic rings. The second-order valence-corrected chi connectivity index (χ2v) is 8.82. The molecule has 1 N–H and O–H groups in total. The van der Waals surface area contributed by atoms with Crippen LogP contribution in [-0.2, 0) is 21.2 Å². The molecule has 0 bridgehead atoms. The maximum atomic E-state index is 12.3. The van der Waals surface area contributed by atoms with E-state index in [0.717, 1.165) is 5.56 Å². The first-order valence-electron chi connectivity index (χ1n) is 8.85. The predicted octanol–water partition coefficient (Wildman–Crippen LogP) is 2.48. The highest BCUT2D eigenvalue weighted by Gasteiger charge is 2.29. The van der Waals surface area contributed by atoms with Crippen molar-refractivity contribution in [2.45, 2.75) is 19.1 Å². The Balaban J connectivity index is 1.60. The lowest BCUT2D eigenvalue weighted by Gasteiger charge is -2.10. The van der Waals surface area contributed by atoms with E-state index in [-0.39, 0.29) is 17.1 Å². The van der Waals surface area contributed by atoms with Crippen LogP contribution in [0.3, 0.4) is 0 Å². The molecule has 2 aromatic carbocycles. The summed E-state index contributed by atoms with van der Waals surface area (Å²) in [5.74, 6) is 0.105. The van der Waals surface area contributed by atoms with Crippen molar-refractivity contribution < 1.29 is 17.9 Å². The molecule has 1 saturated heterocycles. The third-order valence-corrected chi connectivity index (χ3v) is 6.14. The number of ether oxygens (including phenoxy) is 1. The Kier molecular flexibility index (Phi) is 6.12. The standard InChI is InChI=1S/C21H20N2O4S/c22-13-18(21(24)23-19-10-11-28(25,26)15-19)12-16-6-8-20(9-7-16)27-14-17-4-2-1-3-5-17/h1-9,12,19H,10-11,14-15H2,(H,23,24)/b18-12+. The average Bonchev–Trinajstić information content (AvgIpc) is 3.04. The quantitative estimate of drug-likeness (QED) is 0.598. The lowest BCUT2D eigenvalue weighted by Crippen LogP contribution is -2.36. The number of benzene rings is 2. The van der Waals surface area contributed by atoms with Gasteiger partial charge in [-0.1, -0.05) is 42.5 Å². The summed E-state index contributed by atoms with van der Waals surface area (Å²) in [5.41, 5.74) is 1.67. The van der Waals surface area contributed by atoms with Crippen molar-refractivity contribution in [3.8, 4) is 11.8 Å². The van der Waals surface area contributed by atoms with Gasteiger partial charge in [0.1, 0.15) is 24.0 Å². The normalized spacial score (nSPS) is 18.2. The molecule has 1 fully saturated rings. The molecule has 1 atom stereocenters. The van der Waals surface area contributed by atoms with Crippen LogP contribution in [0, 0.1) is 11.3 Å². The van der Waals surface area contributed by atoms with E-state index >= 15 is 0 Å². The van der Waals surface area contributed by atoms with E-state index in [0.29, 0.717) is 24.3 Å². The summed E-state index contributed by atoms with van der Waals surface area (Å²) in [6, 6.07) is 18.3. The van der Waals surface area contributed by atoms with Gasteiger partial charge < -0.3 is 10.1 Å². The van der Waals surface area contributed by atoms with Crippen molar-refractivity contribution in [1.29, 1.82) is 5.26 Å². The van der Waals surface area contributed by atoms with E-state index in [1.54, 1.807) is 24.3 Å². The molecule has 0 aliphatic carbocycles. The fourth-order valence-electron chi connectivity index (χ4n) is 2.89. The summed E-state index contributed by atoms with van der Waals surface area (Å²) in [7, 11) is -3.09. The molecule has 7 heteroatoms. The third-order valence-electron chi connectivity index (χ3n) is 4.37. The molecule has 1 amide bonds. The van der Waals surface area contributed by atoms with Crippen LogP contribution < -0.4 is 10.1 Å². The van der Waals surface area contributed by atoms with Gasteiger partial charge in [0.2, 0.25) is 0 Å².